The quantitative estimate of drug-likeness (QED) is 0.0362. The molecule has 0 spiro atoms. The van der Waals surface area contributed by atoms with Crippen LogP contribution in [0.2, 0.25) is 0 Å². The lowest BCUT2D eigenvalue weighted by atomic mass is 10.0. The molecule has 3 aliphatic heterocycles. The first-order chi connectivity index (χ1) is 26.8. The number of thiazole rings is 1. The van der Waals surface area contributed by atoms with E-state index in [2.05, 4.69) is 25.9 Å². The summed E-state index contributed by atoms with van der Waals surface area (Å²) in [5, 5.41) is 35.7. The second-order valence-corrected chi connectivity index (χ2v) is 16.0. The Hall–Kier alpha value is -5.86. The van der Waals surface area contributed by atoms with Gasteiger partial charge in [-0.1, -0.05) is 29.4 Å². The first kappa shape index (κ1) is 38.4. The fraction of sp³-hybridized carbons (Fsp3) is 0.361. The minimum absolute atomic E-state index is 0.0206. The van der Waals surface area contributed by atoms with E-state index in [0.717, 1.165) is 59.3 Å². The number of amides is 2. The van der Waals surface area contributed by atoms with Gasteiger partial charge in [0.2, 0.25) is 5.60 Å². The van der Waals surface area contributed by atoms with Crippen molar-refractivity contribution in [3.05, 3.63) is 82.4 Å². The Morgan fingerprint density at radius 3 is 2.66 bits per heavy atom. The highest BCUT2D eigenvalue weighted by Crippen LogP contribution is 2.40. The molecule has 1 aromatic carbocycles. The number of β-lactam (4-membered cyclic amide) rings is 1. The molecule has 0 aliphatic carbocycles. The summed E-state index contributed by atoms with van der Waals surface area (Å²) in [5.74, 6) is -3.29. The number of hydrogen-bond donors (Lipinski definition) is 6. The van der Waals surface area contributed by atoms with Crippen LogP contribution >= 0.6 is 23.1 Å². The summed E-state index contributed by atoms with van der Waals surface area (Å²) in [6, 6.07) is 8.96. The van der Waals surface area contributed by atoms with E-state index in [1.165, 1.54) is 35.9 Å². The predicted octanol–water partition coefficient (Wildman–Crippen LogP) is 0.891. The Bertz CT molecular complexity index is 2290. The number of carboxylic acid groups (broad SMARTS) is 2. The topological polar surface area (TPSA) is 257 Å². The van der Waals surface area contributed by atoms with Gasteiger partial charge in [-0.25, -0.2) is 19.1 Å². The van der Waals surface area contributed by atoms with Crippen molar-refractivity contribution in [3.8, 4) is 0 Å². The Balaban J connectivity index is 1.03. The summed E-state index contributed by atoms with van der Waals surface area (Å²) in [6.45, 7) is 5.08. The van der Waals surface area contributed by atoms with E-state index in [9.17, 15) is 29.4 Å². The summed E-state index contributed by atoms with van der Waals surface area (Å²) in [4.78, 5) is 66.1. The van der Waals surface area contributed by atoms with Gasteiger partial charge in [-0.15, -0.1) is 23.1 Å². The third-order valence-electron chi connectivity index (χ3n) is 9.58. The smallest absolute Gasteiger partial charge is 0.352 e. The van der Waals surface area contributed by atoms with Crippen LogP contribution in [0.3, 0.4) is 0 Å². The zero-order valence-electron chi connectivity index (χ0n) is 30.4. The first-order valence-corrected chi connectivity index (χ1v) is 19.6. The van der Waals surface area contributed by atoms with Gasteiger partial charge in [-0.05, 0) is 38.8 Å². The number of nitrogens with zero attached hydrogens (tertiary/aromatic N) is 7. The normalized spacial score (nSPS) is 20.4. The third kappa shape index (κ3) is 7.93. The van der Waals surface area contributed by atoms with Crippen LogP contribution in [0.1, 0.15) is 43.5 Å². The van der Waals surface area contributed by atoms with Crippen molar-refractivity contribution < 1.29 is 38.8 Å². The third-order valence-corrected chi connectivity index (χ3v) is 11.6. The van der Waals surface area contributed by atoms with E-state index in [-0.39, 0.29) is 40.6 Å². The maximum Gasteiger partial charge on any atom is 0.352 e. The molecule has 7 rings (SSSR count). The number of aromatic nitrogens is 4. The molecule has 18 nitrogen and oxygen atoms in total. The molecule has 56 heavy (non-hydrogen) atoms. The van der Waals surface area contributed by atoms with Gasteiger partial charge in [0.05, 0.1) is 29.7 Å². The minimum atomic E-state index is -1.78. The van der Waals surface area contributed by atoms with Crippen molar-refractivity contribution in [2.45, 2.75) is 62.8 Å². The summed E-state index contributed by atoms with van der Waals surface area (Å²) in [7, 11) is 0. The standard InChI is InChI=1S/C36H39N11O7S2/c1-36(2,34(52)53)54-44-26(24-18-56-35(38)42-24)30(48)43-27-31(49)47-28(33(50)51)22(17-55-32(27)47)16-45-11-9-25-21(15-45)12-40-46(25)14-19-5-7-20(8-6-19)29(37)41-23-4-3-10-39-13-23/h5-9,11-12,15,18,23,27,32,39H,3-4,10,13-14,16-17H2,1-2H3,(H6-,37,38,41,42,43,48,50,51,52,53)/p+1/t23?,27-,32-/m1/s1. The number of thioether (sulfide) groups is 1. The number of hydrogen-bond acceptors (Lipinski definition) is 13. The number of oxime groups is 1. The van der Waals surface area contributed by atoms with Crippen molar-refractivity contribution in [2.75, 3.05) is 24.6 Å². The van der Waals surface area contributed by atoms with Gasteiger partial charge in [0.1, 0.15) is 28.6 Å². The molecular formula is C36H40N11O7S2+. The van der Waals surface area contributed by atoms with E-state index >= 15 is 0 Å². The van der Waals surface area contributed by atoms with Gasteiger partial charge in [-0.2, -0.15) is 5.10 Å². The zero-order chi connectivity index (χ0) is 39.7. The van der Waals surface area contributed by atoms with Crippen molar-refractivity contribution in [1.29, 1.82) is 0 Å². The number of aliphatic imine (C=N–C) groups is 1. The Morgan fingerprint density at radius 1 is 1.20 bits per heavy atom. The number of carboxylic acids is 2. The SMILES string of the molecule is CC(C)(ON=C(C(=O)N[C@@H]1C(=O)N2C(C(=O)O)=C(C[n+]3ccc4c(cnn4Cc4ccc(C(N)=NC5CCCNC5)cc4)c3)CS[C@H]12)c1csc(N)n1)C(=O)O. The lowest BCUT2D eigenvalue weighted by Gasteiger charge is -2.49. The monoisotopic (exact) mass is 802 g/mol. The number of carbonyl (C=O) groups excluding carboxylic acids is 2. The van der Waals surface area contributed by atoms with Gasteiger partial charge < -0.3 is 37.2 Å². The van der Waals surface area contributed by atoms with Crippen LogP contribution in [0.15, 0.2) is 75.7 Å². The van der Waals surface area contributed by atoms with Gasteiger partial charge in [0.15, 0.2) is 29.8 Å². The van der Waals surface area contributed by atoms with Gasteiger partial charge in [-0.3, -0.25) is 24.2 Å². The minimum Gasteiger partial charge on any atom is -0.478 e. The molecule has 0 radical (unpaired) electrons. The average molecular weight is 803 g/mol. The predicted molar refractivity (Wildman–Crippen MR) is 208 cm³/mol. The van der Waals surface area contributed by atoms with Crippen LogP contribution in [-0.4, -0.2) is 107 Å². The summed E-state index contributed by atoms with van der Waals surface area (Å²) in [6.07, 6.45) is 7.57. The number of amidine groups is 1. The second-order valence-electron chi connectivity index (χ2n) is 14.0. The average Bonchev–Trinajstić information content (AvgIpc) is 3.79. The molecule has 1 unspecified atom stereocenters. The number of pyridine rings is 1. The number of anilines is 1. The van der Waals surface area contributed by atoms with E-state index in [4.69, 9.17) is 21.3 Å². The highest BCUT2D eigenvalue weighted by Gasteiger charge is 2.55. The van der Waals surface area contributed by atoms with Crippen LogP contribution in [0.25, 0.3) is 10.9 Å². The summed E-state index contributed by atoms with van der Waals surface area (Å²) >= 11 is 2.33. The van der Waals surface area contributed by atoms with Crippen molar-refractivity contribution in [2.24, 2.45) is 15.9 Å². The molecule has 2 fully saturated rings. The summed E-state index contributed by atoms with van der Waals surface area (Å²) in [5.41, 5.74) is 13.1. The lowest BCUT2D eigenvalue weighted by Crippen LogP contribution is -2.71. The van der Waals surface area contributed by atoms with E-state index in [1.807, 2.05) is 52.0 Å². The highest BCUT2D eigenvalue weighted by atomic mass is 32.2. The molecular weight excluding hydrogens is 763 g/mol. The second kappa shape index (κ2) is 15.7. The van der Waals surface area contributed by atoms with Crippen molar-refractivity contribution in [3.63, 3.8) is 0 Å². The van der Waals surface area contributed by atoms with Gasteiger partial charge >= 0.3 is 11.9 Å². The number of nitrogens with one attached hydrogen (secondary N) is 2. The van der Waals surface area contributed by atoms with Crippen LogP contribution in [0.5, 0.6) is 0 Å². The molecule has 292 valence electrons. The largest absolute Gasteiger partial charge is 0.478 e. The molecule has 8 N–H and O–H groups in total. The molecule has 2 amide bonds. The molecule has 3 atom stereocenters. The Morgan fingerprint density at radius 2 is 1.98 bits per heavy atom. The number of carbonyl (C=O) groups is 4. The maximum atomic E-state index is 13.5. The van der Waals surface area contributed by atoms with E-state index < -0.39 is 40.8 Å². The molecule has 0 bridgehead atoms. The first-order valence-electron chi connectivity index (χ1n) is 17.7. The molecule has 20 heteroatoms. The number of rotatable bonds is 13. The number of nitrogen functional groups attached to an aromatic ring is 1. The molecule has 6 heterocycles. The Labute approximate surface area is 328 Å². The van der Waals surface area contributed by atoms with E-state index in [0.29, 0.717) is 18.0 Å². The number of benzene rings is 1. The van der Waals surface area contributed by atoms with Crippen LogP contribution in [-0.2, 0) is 37.1 Å². The molecule has 2 saturated heterocycles. The van der Waals surface area contributed by atoms with Crippen molar-refractivity contribution in [1.82, 2.24) is 30.3 Å². The van der Waals surface area contributed by atoms with Crippen LogP contribution in [0.4, 0.5) is 5.13 Å². The molecule has 4 aromatic rings. The molecule has 3 aliphatic rings. The number of fused-ring (bicyclic) bond motifs is 2. The zero-order valence-corrected chi connectivity index (χ0v) is 32.0. The molecule has 3 aromatic heterocycles. The van der Waals surface area contributed by atoms with Gasteiger partial charge in [0.25, 0.3) is 11.8 Å². The number of piperidine rings is 1. The van der Waals surface area contributed by atoms with Gasteiger partial charge in [0, 0.05) is 34.9 Å². The lowest BCUT2D eigenvalue weighted by molar-refractivity contribution is -0.687. The highest BCUT2D eigenvalue weighted by molar-refractivity contribution is 8.00. The fourth-order valence-electron chi connectivity index (χ4n) is 6.51. The van der Waals surface area contributed by atoms with Crippen LogP contribution in [0, 0.1) is 0 Å². The fourth-order valence-corrected chi connectivity index (χ4v) is 8.39. The number of nitrogens with two attached hydrogens (primary N) is 2. The Kier molecular flexibility index (Phi) is 10.8. The van der Waals surface area contributed by atoms with Crippen LogP contribution < -0.4 is 26.7 Å². The maximum absolute atomic E-state index is 13.5. The van der Waals surface area contributed by atoms with Crippen molar-refractivity contribution >= 4 is 74.4 Å². The summed E-state index contributed by atoms with van der Waals surface area (Å²) < 4.78 is 3.73. The number of aliphatic carboxylic acids is 2. The van der Waals surface area contributed by atoms with E-state index in [1.54, 1.807) is 6.20 Å². The molecule has 0 saturated carbocycles.